The van der Waals surface area contributed by atoms with Gasteiger partial charge in [-0.15, -0.1) is 0 Å². The zero-order valence-corrected chi connectivity index (χ0v) is 14.5. The quantitative estimate of drug-likeness (QED) is 0.656. The van der Waals surface area contributed by atoms with Crippen molar-refractivity contribution in [2.75, 3.05) is 47.8 Å². The first-order valence-electron chi connectivity index (χ1n) is 7.40. The van der Waals surface area contributed by atoms with Crippen molar-refractivity contribution in [3.63, 3.8) is 0 Å². The number of benzene rings is 1. The average molecular weight is 312 g/mol. The van der Waals surface area contributed by atoms with E-state index < -0.39 is 0 Å². The third kappa shape index (κ3) is 5.39. The fourth-order valence-corrected chi connectivity index (χ4v) is 2.00. The number of rotatable bonds is 9. The molecule has 0 saturated carbocycles. The Bertz CT molecular complexity index is 451. The highest BCUT2D eigenvalue weighted by Gasteiger charge is 2.23. The van der Waals surface area contributed by atoms with E-state index >= 15 is 0 Å². The Hall–Kier alpha value is -1.46. The molecule has 0 bridgehead atoms. The Balaban J connectivity index is 2.86. The maximum Gasteiger partial charge on any atom is 0.165 e. The van der Waals surface area contributed by atoms with Crippen LogP contribution in [-0.2, 0) is 14.9 Å². The molecule has 0 aliphatic rings. The van der Waals surface area contributed by atoms with E-state index in [-0.39, 0.29) is 5.41 Å². The molecule has 0 amide bonds. The highest BCUT2D eigenvalue weighted by molar-refractivity contribution is 5.54. The van der Waals surface area contributed by atoms with E-state index in [1.54, 1.807) is 21.3 Å². The Morgan fingerprint density at radius 2 is 1.55 bits per heavy atom. The van der Waals surface area contributed by atoms with Gasteiger partial charge < -0.3 is 23.7 Å². The first-order valence-corrected chi connectivity index (χ1v) is 7.40. The molecule has 0 unspecified atom stereocenters. The lowest BCUT2D eigenvalue weighted by Gasteiger charge is -2.25. The molecule has 1 aromatic carbocycles. The summed E-state index contributed by atoms with van der Waals surface area (Å²) in [6.07, 6.45) is 0. The fourth-order valence-electron chi connectivity index (χ4n) is 2.00. The van der Waals surface area contributed by atoms with Gasteiger partial charge in [-0.2, -0.15) is 0 Å². The Kier molecular flexibility index (Phi) is 7.48. The van der Waals surface area contributed by atoms with Crippen LogP contribution in [0.1, 0.15) is 26.3 Å². The van der Waals surface area contributed by atoms with Crippen molar-refractivity contribution < 1.29 is 23.7 Å². The van der Waals surface area contributed by atoms with Crippen LogP contribution >= 0.6 is 0 Å². The second-order valence-corrected chi connectivity index (χ2v) is 5.91. The lowest BCUT2D eigenvalue weighted by atomic mass is 9.86. The molecule has 1 aromatic rings. The molecular formula is C17H28O5. The summed E-state index contributed by atoms with van der Waals surface area (Å²) in [4.78, 5) is 0. The lowest BCUT2D eigenvalue weighted by molar-refractivity contribution is 0.0536. The highest BCUT2D eigenvalue weighted by atomic mass is 16.5. The summed E-state index contributed by atoms with van der Waals surface area (Å²) < 4.78 is 27.1. The predicted octanol–water partition coefficient (Wildman–Crippen LogP) is 3.04. The number of ether oxygens (including phenoxy) is 5. The average Bonchev–Trinajstić information content (AvgIpc) is 2.49. The summed E-state index contributed by atoms with van der Waals surface area (Å²) in [6.45, 7) is 8.48. The number of methoxy groups -OCH3 is 3. The molecule has 0 aliphatic carbocycles. The van der Waals surface area contributed by atoms with Crippen molar-refractivity contribution in [1.82, 2.24) is 0 Å². The third-order valence-corrected chi connectivity index (χ3v) is 3.20. The normalized spacial score (nSPS) is 11.4. The van der Waals surface area contributed by atoms with Crippen molar-refractivity contribution in [2.24, 2.45) is 0 Å². The Labute approximate surface area is 133 Å². The van der Waals surface area contributed by atoms with Crippen LogP contribution in [0.15, 0.2) is 12.1 Å². The second-order valence-electron chi connectivity index (χ2n) is 5.91. The lowest BCUT2D eigenvalue weighted by Crippen LogP contribution is -2.16. The van der Waals surface area contributed by atoms with Crippen molar-refractivity contribution in [3.8, 4) is 17.2 Å². The molecule has 0 atom stereocenters. The van der Waals surface area contributed by atoms with Gasteiger partial charge in [-0.3, -0.25) is 0 Å². The molecule has 0 radical (unpaired) electrons. The fraction of sp³-hybridized carbons (Fsp3) is 0.647. The summed E-state index contributed by atoms with van der Waals surface area (Å²) >= 11 is 0. The molecule has 5 nitrogen and oxygen atoms in total. The maximum absolute atomic E-state index is 5.92. The minimum atomic E-state index is -0.0892. The largest absolute Gasteiger partial charge is 0.497 e. The molecule has 0 aromatic heterocycles. The van der Waals surface area contributed by atoms with E-state index in [9.17, 15) is 0 Å². The van der Waals surface area contributed by atoms with Crippen LogP contribution in [0.5, 0.6) is 17.2 Å². The van der Waals surface area contributed by atoms with E-state index in [1.165, 1.54) is 0 Å². The summed E-state index contributed by atoms with van der Waals surface area (Å²) in [6, 6.07) is 3.82. The predicted molar refractivity (Wildman–Crippen MR) is 86.4 cm³/mol. The monoisotopic (exact) mass is 312 g/mol. The number of hydrogen-bond donors (Lipinski definition) is 0. The molecule has 0 spiro atoms. The summed E-state index contributed by atoms with van der Waals surface area (Å²) in [7, 11) is 4.92. The van der Waals surface area contributed by atoms with Gasteiger partial charge in [0.05, 0.1) is 34.0 Å². The molecule has 5 heteroatoms. The van der Waals surface area contributed by atoms with E-state index in [1.807, 2.05) is 12.1 Å². The highest BCUT2D eigenvalue weighted by Crippen LogP contribution is 2.41. The molecular weight excluding hydrogens is 284 g/mol. The van der Waals surface area contributed by atoms with Gasteiger partial charge in [-0.25, -0.2) is 0 Å². The first kappa shape index (κ1) is 18.6. The molecule has 0 aliphatic heterocycles. The summed E-state index contributed by atoms with van der Waals surface area (Å²) in [5.41, 5.74) is 0.953. The van der Waals surface area contributed by atoms with Gasteiger partial charge in [0.1, 0.15) is 12.4 Å². The molecule has 22 heavy (non-hydrogen) atoms. The molecule has 0 heterocycles. The van der Waals surface area contributed by atoms with Crippen molar-refractivity contribution in [1.29, 1.82) is 0 Å². The van der Waals surface area contributed by atoms with Gasteiger partial charge in [0.2, 0.25) is 0 Å². The summed E-state index contributed by atoms with van der Waals surface area (Å²) in [5.74, 6) is 2.16. The SMILES string of the molecule is COCCOCCOc1c(OC)cc(OC)cc1C(C)(C)C. The molecule has 0 N–H and O–H groups in total. The molecule has 0 saturated heterocycles. The summed E-state index contributed by atoms with van der Waals surface area (Å²) in [5, 5.41) is 0. The van der Waals surface area contributed by atoms with E-state index in [0.717, 1.165) is 17.1 Å². The maximum atomic E-state index is 5.92. The zero-order valence-electron chi connectivity index (χ0n) is 14.5. The first-order chi connectivity index (χ1) is 10.4. The van der Waals surface area contributed by atoms with E-state index in [2.05, 4.69) is 20.8 Å². The van der Waals surface area contributed by atoms with Crippen LogP contribution in [-0.4, -0.2) is 47.8 Å². The second kappa shape index (κ2) is 8.86. The van der Waals surface area contributed by atoms with Crippen LogP contribution in [0.4, 0.5) is 0 Å². The van der Waals surface area contributed by atoms with Gasteiger partial charge in [0.15, 0.2) is 11.5 Å². The third-order valence-electron chi connectivity index (χ3n) is 3.20. The van der Waals surface area contributed by atoms with E-state index in [4.69, 9.17) is 23.7 Å². The molecule has 0 fully saturated rings. The van der Waals surface area contributed by atoms with Gasteiger partial charge in [0, 0.05) is 18.7 Å². The minimum Gasteiger partial charge on any atom is -0.497 e. The standard InChI is InChI=1S/C17H28O5/c1-17(2,3)14-11-13(19-5)12-15(20-6)16(14)22-10-9-21-8-7-18-4/h11-12H,7-10H2,1-6H3. The van der Waals surface area contributed by atoms with E-state index in [0.29, 0.717) is 32.2 Å². The van der Waals surface area contributed by atoms with Crippen LogP contribution in [0.2, 0.25) is 0 Å². The van der Waals surface area contributed by atoms with Crippen LogP contribution in [0.3, 0.4) is 0 Å². The van der Waals surface area contributed by atoms with Gasteiger partial charge >= 0.3 is 0 Å². The Morgan fingerprint density at radius 1 is 0.864 bits per heavy atom. The molecule has 126 valence electrons. The molecule has 1 rings (SSSR count). The van der Waals surface area contributed by atoms with Gasteiger partial charge in [-0.05, 0) is 11.5 Å². The minimum absolute atomic E-state index is 0.0892. The van der Waals surface area contributed by atoms with Crippen molar-refractivity contribution in [2.45, 2.75) is 26.2 Å². The van der Waals surface area contributed by atoms with Crippen LogP contribution < -0.4 is 14.2 Å². The smallest absolute Gasteiger partial charge is 0.165 e. The van der Waals surface area contributed by atoms with Crippen LogP contribution in [0, 0.1) is 0 Å². The van der Waals surface area contributed by atoms with Gasteiger partial charge in [0.25, 0.3) is 0 Å². The van der Waals surface area contributed by atoms with Crippen LogP contribution in [0.25, 0.3) is 0 Å². The van der Waals surface area contributed by atoms with Crippen molar-refractivity contribution >= 4 is 0 Å². The zero-order chi connectivity index (χ0) is 16.6. The topological polar surface area (TPSA) is 46.2 Å². The Morgan fingerprint density at radius 3 is 2.09 bits per heavy atom. The van der Waals surface area contributed by atoms with Crippen molar-refractivity contribution in [3.05, 3.63) is 17.7 Å². The number of hydrogen-bond acceptors (Lipinski definition) is 5. The van der Waals surface area contributed by atoms with Gasteiger partial charge in [-0.1, -0.05) is 20.8 Å².